The van der Waals surface area contributed by atoms with Crippen LogP contribution in [0.5, 0.6) is 0 Å². The Bertz CT molecular complexity index is 436. The monoisotopic (exact) mass is 294 g/mol. The lowest BCUT2D eigenvalue weighted by molar-refractivity contribution is -0.121. The topological polar surface area (TPSA) is 32.3 Å². The number of anilines is 1. The van der Waals surface area contributed by atoms with Gasteiger partial charge in [0, 0.05) is 37.6 Å². The molecule has 20 heavy (non-hydrogen) atoms. The average molecular weight is 295 g/mol. The number of para-hydroxylation sites is 1. The number of unbranched alkanes of at least 4 members (excludes halogenated alkanes) is 1. The van der Waals surface area contributed by atoms with Gasteiger partial charge in [-0.05, 0) is 37.3 Å². The van der Waals surface area contributed by atoms with Crippen molar-refractivity contribution in [2.75, 3.05) is 30.4 Å². The largest absolute Gasteiger partial charge is 0.371 e. The van der Waals surface area contributed by atoms with Crippen LogP contribution in [0.1, 0.15) is 31.2 Å². The highest BCUT2D eigenvalue weighted by Crippen LogP contribution is 2.27. The molecular weight excluding hydrogens is 272 g/mol. The minimum Gasteiger partial charge on any atom is -0.371 e. The molecule has 110 valence electrons. The zero-order chi connectivity index (χ0) is 14.2. The van der Waals surface area contributed by atoms with Crippen molar-refractivity contribution in [2.45, 2.75) is 32.1 Å². The van der Waals surface area contributed by atoms with Crippen LogP contribution < -0.4 is 10.2 Å². The molecule has 0 radical (unpaired) electrons. The van der Waals surface area contributed by atoms with Crippen molar-refractivity contribution in [3.05, 3.63) is 29.8 Å². The molecule has 0 aliphatic carbocycles. The Balaban J connectivity index is 1.61. The van der Waals surface area contributed by atoms with Crippen molar-refractivity contribution in [2.24, 2.45) is 0 Å². The van der Waals surface area contributed by atoms with E-state index in [0.29, 0.717) is 12.3 Å². The molecule has 1 aromatic rings. The lowest BCUT2D eigenvalue weighted by Gasteiger charge is -2.19. The van der Waals surface area contributed by atoms with Gasteiger partial charge < -0.3 is 10.2 Å². The molecule has 0 saturated carbocycles. The maximum absolute atomic E-state index is 11.5. The smallest absolute Gasteiger partial charge is 0.219 e. The van der Waals surface area contributed by atoms with Gasteiger partial charge in [-0.25, -0.2) is 0 Å². The molecule has 1 heterocycles. The Kier molecular flexibility index (Phi) is 6.19. The van der Waals surface area contributed by atoms with Crippen LogP contribution in [0.15, 0.2) is 24.3 Å². The highest BCUT2D eigenvalue weighted by Gasteiger charge is 2.17. The minimum atomic E-state index is 0.150. The number of halogens is 1. The van der Waals surface area contributed by atoms with Gasteiger partial charge >= 0.3 is 0 Å². The number of nitrogens with one attached hydrogen (secondary N) is 1. The summed E-state index contributed by atoms with van der Waals surface area (Å²) >= 11 is 5.59. The van der Waals surface area contributed by atoms with Crippen molar-refractivity contribution >= 4 is 23.2 Å². The van der Waals surface area contributed by atoms with Crippen molar-refractivity contribution in [3.63, 3.8) is 0 Å². The van der Waals surface area contributed by atoms with E-state index < -0.39 is 0 Å². The number of amides is 1. The highest BCUT2D eigenvalue weighted by molar-refractivity contribution is 6.17. The first kappa shape index (κ1) is 15.2. The normalized spacial score (nSPS) is 13.3. The van der Waals surface area contributed by atoms with Gasteiger partial charge in [-0.2, -0.15) is 0 Å². The number of nitrogens with zero attached hydrogens (tertiary/aromatic N) is 1. The van der Waals surface area contributed by atoms with E-state index in [4.69, 9.17) is 11.6 Å². The second-order valence-corrected chi connectivity index (χ2v) is 5.59. The van der Waals surface area contributed by atoms with Crippen molar-refractivity contribution in [1.29, 1.82) is 0 Å². The van der Waals surface area contributed by atoms with Gasteiger partial charge in [-0.3, -0.25) is 4.79 Å². The van der Waals surface area contributed by atoms with Crippen LogP contribution in [0.4, 0.5) is 5.69 Å². The Labute approximate surface area is 126 Å². The Morgan fingerprint density at radius 3 is 2.95 bits per heavy atom. The van der Waals surface area contributed by atoms with Gasteiger partial charge in [0.2, 0.25) is 5.91 Å². The van der Waals surface area contributed by atoms with Crippen LogP contribution in [-0.4, -0.2) is 31.4 Å². The Hall–Kier alpha value is -1.22. The zero-order valence-corrected chi connectivity index (χ0v) is 12.7. The van der Waals surface area contributed by atoms with Gasteiger partial charge in [-0.15, -0.1) is 11.6 Å². The summed E-state index contributed by atoms with van der Waals surface area (Å²) in [4.78, 5) is 14.0. The molecule has 0 fully saturated rings. The molecule has 0 bridgehead atoms. The van der Waals surface area contributed by atoms with Gasteiger partial charge in [0.25, 0.3) is 0 Å². The molecule has 0 unspecified atom stereocenters. The first-order valence-electron chi connectivity index (χ1n) is 7.47. The van der Waals surface area contributed by atoms with Crippen LogP contribution in [0, 0.1) is 0 Å². The molecule has 4 heteroatoms. The Morgan fingerprint density at radius 1 is 1.25 bits per heavy atom. The average Bonchev–Trinajstić information content (AvgIpc) is 2.87. The molecule has 3 nitrogen and oxygen atoms in total. The number of hydrogen-bond acceptors (Lipinski definition) is 2. The number of fused-ring (bicyclic) bond motifs is 1. The summed E-state index contributed by atoms with van der Waals surface area (Å²) in [7, 11) is 0. The number of alkyl halides is 1. The van der Waals surface area contributed by atoms with E-state index in [9.17, 15) is 4.79 Å². The van der Waals surface area contributed by atoms with Crippen LogP contribution in [0.3, 0.4) is 0 Å². The molecule has 0 saturated heterocycles. The van der Waals surface area contributed by atoms with Gasteiger partial charge in [-0.1, -0.05) is 18.2 Å². The van der Waals surface area contributed by atoms with Gasteiger partial charge in [0.1, 0.15) is 0 Å². The lowest BCUT2D eigenvalue weighted by atomic mass is 10.2. The second-order valence-electron chi connectivity index (χ2n) is 5.22. The third-order valence-electron chi connectivity index (χ3n) is 3.70. The van der Waals surface area contributed by atoms with Crippen LogP contribution in [0.25, 0.3) is 0 Å². The molecule has 0 aromatic heterocycles. The first-order valence-corrected chi connectivity index (χ1v) is 8.00. The summed E-state index contributed by atoms with van der Waals surface area (Å²) in [6.07, 6.45) is 4.53. The summed E-state index contributed by atoms with van der Waals surface area (Å²) in [5.41, 5.74) is 2.80. The summed E-state index contributed by atoms with van der Waals surface area (Å²) in [5, 5.41) is 2.98. The van der Waals surface area contributed by atoms with Crippen LogP contribution >= 0.6 is 11.6 Å². The second kappa shape index (κ2) is 8.15. The van der Waals surface area contributed by atoms with E-state index in [1.807, 2.05) is 0 Å². The van der Waals surface area contributed by atoms with Crippen molar-refractivity contribution in [3.8, 4) is 0 Å². The summed E-state index contributed by atoms with van der Waals surface area (Å²) in [5.74, 6) is 0.790. The van der Waals surface area contributed by atoms with E-state index in [1.54, 1.807) is 0 Å². The Morgan fingerprint density at radius 2 is 2.10 bits per heavy atom. The third-order valence-corrected chi connectivity index (χ3v) is 3.97. The zero-order valence-electron chi connectivity index (χ0n) is 11.9. The maximum Gasteiger partial charge on any atom is 0.219 e. The molecule has 1 aliphatic rings. The van der Waals surface area contributed by atoms with E-state index >= 15 is 0 Å². The predicted molar refractivity (Wildman–Crippen MR) is 84.6 cm³/mol. The van der Waals surface area contributed by atoms with Crippen molar-refractivity contribution < 1.29 is 4.79 Å². The number of carbonyl (C=O) groups excluding carboxylic acids is 1. The SMILES string of the molecule is O=C(CCCCCl)NCCCN1CCc2ccccc21. The standard InChI is InChI=1S/C16H23ClN2O/c17-10-4-3-8-16(20)18-11-5-12-19-13-9-14-6-1-2-7-15(14)19/h1-2,6-7H,3-5,8-13H2,(H,18,20). The van der Waals surface area contributed by atoms with Gasteiger partial charge in [0.15, 0.2) is 0 Å². The number of rotatable bonds is 8. The summed E-state index contributed by atoms with van der Waals surface area (Å²) in [6, 6.07) is 8.58. The molecule has 1 aromatic carbocycles. The molecule has 1 amide bonds. The number of benzene rings is 1. The van der Waals surface area contributed by atoms with Crippen LogP contribution in [-0.2, 0) is 11.2 Å². The quantitative estimate of drug-likeness (QED) is 0.590. The fraction of sp³-hybridized carbons (Fsp3) is 0.562. The molecule has 2 rings (SSSR count). The molecule has 1 N–H and O–H groups in total. The summed E-state index contributed by atoms with van der Waals surface area (Å²) in [6.45, 7) is 2.88. The van der Waals surface area contributed by atoms with Gasteiger partial charge in [0.05, 0.1) is 0 Å². The van der Waals surface area contributed by atoms with Crippen LogP contribution in [0.2, 0.25) is 0 Å². The fourth-order valence-corrected chi connectivity index (χ4v) is 2.79. The van der Waals surface area contributed by atoms with E-state index in [2.05, 4.69) is 34.5 Å². The lowest BCUT2D eigenvalue weighted by Crippen LogP contribution is -2.29. The molecule has 1 aliphatic heterocycles. The van der Waals surface area contributed by atoms with E-state index in [-0.39, 0.29) is 5.91 Å². The van der Waals surface area contributed by atoms with E-state index in [0.717, 1.165) is 45.3 Å². The van der Waals surface area contributed by atoms with E-state index in [1.165, 1.54) is 11.3 Å². The fourth-order valence-electron chi connectivity index (χ4n) is 2.61. The maximum atomic E-state index is 11.5. The predicted octanol–water partition coefficient (Wildman–Crippen LogP) is 2.96. The number of carbonyl (C=O) groups is 1. The number of hydrogen-bond donors (Lipinski definition) is 1. The first-order chi connectivity index (χ1) is 9.81. The molecular formula is C16H23ClN2O. The molecule has 0 spiro atoms. The minimum absolute atomic E-state index is 0.150. The van der Waals surface area contributed by atoms with Crippen molar-refractivity contribution in [1.82, 2.24) is 5.32 Å². The molecule has 0 atom stereocenters. The summed E-state index contributed by atoms with van der Waals surface area (Å²) < 4.78 is 0. The highest BCUT2D eigenvalue weighted by atomic mass is 35.5. The third kappa shape index (κ3) is 4.41.